The average Bonchev–Trinajstić information content (AvgIpc) is 2.79. The molecule has 33 heavy (non-hydrogen) atoms. The summed E-state index contributed by atoms with van der Waals surface area (Å²) in [5, 5.41) is 24.0. The van der Waals surface area contributed by atoms with Crippen LogP contribution in [0.2, 0.25) is 5.02 Å². The van der Waals surface area contributed by atoms with E-state index in [1.807, 2.05) is 6.07 Å². The van der Waals surface area contributed by atoms with Gasteiger partial charge in [0.15, 0.2) is 6.19 Å². The number of benzene rings is 2. The van der Waals surface area contributed by atoms with E-state index < -0.39 is 12.0 Å². The summed E-state index contributed by atoms with van der Waals surface area (Å²) in [6, 6.07) is 14.3. The Balaban J connectivity index is 1.76. The number of nitrogens with two attached hydrogens (primary N) is 2. The average molecular weight is 459 g/mol. The van der Waals surface area contributed by atoms with Gasteiger partial charge in [-0.3, -0.25) is 5.32 Å². The van der Waals surface area contributed by atoms with Crippen LogP contribution in [-0.4, -0.2) is 16.9 Å². The third kappa shape index (κ3) is 4.06. The van der Waals surface area contributed by atoms with Gasteiger partial charge in [0.25, 0.3) is 0 Å². The van der Waals surface area contributed by atoms with E-state index in [0.717, 1.165) is 0 Å². The second-order valence-electron chi connectivity index (χ2n) is 6.84. The van der Waals surface area contributed by atoms with Crippen LogP contribution in [0.3, 0.4) is 0 Å². The van der Waals surface area contributed by atoms with E-state index in [1.165, 1.54) is 0 Å². The largest absolute Gasteiger partial charge is 0.423 e. The van der Waals surface area contributed by atoms with Crippen molar-refractivity contribution in [2.24, 2.45) is 4.99 Å². The molecule has 0 spiro atoms. The molecule has 1 aliphatic rings. The third-order valence-electron chi connectivity index (χ3n) is 4.84. The molecule has 2 heterocycles. The Morgan fingerprint density at radius 3 is 2.70 bits per heavy atom. The number of nitrogens with one attached hydrogen (secondary N) is 2. The lowest BCUT2D eigenvalue weighted by Crippen LogP contribution is -2.32. The fourth-order valence-electron chi connectivity index (χ4n) is 3.36. The minimum Gasteiger partial charge on any atom is -0.423 e. The molecule has 0 saturated heterocycles. The topological polar surface area (TPSA) is 175 Å². The number of pyridine rings is 1. The highest BCUT2D eigenvalue weighted by atomic mass is 35.5. The lowest BCUT2D eigenvalue weighted by atomic mass is 9.95. The molecular weight excluding hydrogens is 444 g/mol. The molecule has 0 bridgehead atoms. The summed E-state index contributed by atoms with van der Waals surface area (Å²) in [4.78, 5) is 21.3. The standard InChI is InChI=1S/C22H15ClN8O2/c23-15-7-2-1-6-13(15)21(32)33-12-5-3-4-11(8-12)18-16-17(26)14(9-24)19(27)30-20(16)31-22(29-18)28-10-25/h1-8,18H,(H6,26,27,28,29,30,31). The monoisotopic (exact) mass is 458 g/mol. The molecule has 11 heteroatoms. The van der Waals surface area contributed by atoms with Crippen LogP contribution in [0.25, 0.3) is 0 Å². The van der Waals surface area contributed by atoms with E-state index in [4.69, 9.17) is 33.1 Å². The zero-order chi connectivity index (χ0) is 23.5. The number of esters is 1. The number of nitrogen functional groups attached to an aromatic ring is 2. The first kappa shape index (κ1) is 21.4. The molecule has 2 aromatic carbocycles. The Morgan fingerprint density at radius 2 is 1.97 bits per heavy atom. The smallest absolute Gasteiger partial charge is 0.345 e. The molecule has 0 aliphatic carbocycles. The molecular formula is C22H15ClN8O2. The highest BCUT2D eigenvalue weighted by molar-refractivity contribution is 6.33. The van der Waals surface area contributed by atoms with Crippen LogP contribution in [0.5, 0.6) is 5.75 Å². The second kappa shape index (κ2) is 8.75. The van der Waals surface area contributed by atoms with Crippen LogP contribution < -0.4 is 26.8 Å². The first-order valence-corrected chi connectivity index (χ1v) is 9.86. The zero-order valence-electron chi connectivity index (χ0n) is 16.8. The Morgan fingerprint density at radius 1 is 1.18 bits per heavy atom. The van der Waals surface area contributed by atoms with Gasteiger partial charge in [-0.2, -0.15) is 10.5 Å². The summed E-state index contributed by atoms with van der Waals surface area (Å²) >= 11 is 6.08. The van der Waals surface area contributed by atoms with Gasteiger partial charge in [0.05, 0.1) is 16.3 Å². The normalized spacial score (nSPS) is 14.0. The van der Waals surface area contributed by atoms with Gasteiger partial charge in [0.1, 0.15) is 35.1 Å². The number of nitrogens with zero attached hydrogens (tertiary/aromatic N) is 4. The molecule has 1 aliphatic heterocycles. The lowest BCUT2D eigenvalue weighted by molar-refractivity contribution is 0.0735. The van der Waals surface area contributed by atoms with Crippen molar-refractivity contribution in [2.75, 3.05) is 16.8 Å². The number of aliphatic imine (C=N–C) groups is 1. The van der Waals surface area contributed by atoms with E-state index >= 15 is 0 Å². The fraction of sp³-hybridized carbons (Fsp3) is 0.0455. The van der Waals surface area contributed by atoms with Crippen LogP contribution in [0.15, 0.2) is 53.5 Å². The van der Waals surface area contributed by atoms with Gasteiger partial charge in [-0.15, -0.1) is 0 Å². The maximum Gasteiger partial charge on any atom is 0.345 e. The quantitative estimate of drug-likeness (QED) is 0.199. The van der Waals surface area contributed by atoms with Crippen molar-refractivity contribution in [1.82, 2.24) is 10.3 Å². The number of carbonyl (C=O) groups is 1. The number of rotatable bonds is 3. The van der Waals surface area contributed by atoms with E-state index in [0.29, 0.717) is 11.1 Å². The van der Waals surface area contributed by atoms with E-state index in [1.54, 1.807) is 54.7 Å². The fourth-order valence-corrected chi connectivity index (χ4v) is 3.57. The number of anilines is 3. The van der Waals surface area contributed by atoms with Crippen LogP contribution in [0.4, 0.5) is 17.3 Å². The van der Waals surface area contributed by atoms with Crippen molar-refractivity contribution >= 4 is 40.9 Å². The number of hydrogen-bond acceptors (Lipinski definition) is 10. The molecule has 1 aromatic heterocycles. The summed E-state index contributed by atoms with van der Waals surface area (Å²) in [5.74, 6) is -0.0742. The molecule has 3 aromatic rings. The van der Waals surface area contributed by atoms with Crippen molar-refractivity contribution in [2.45, 2.75) is 6.04 Å². The number of halogens is 1. The van der Waals surface area contributed by atoms with E-state index in [-0.39, 0.29) is 45.2 Å². The first-order valence-electron chi connectivity index (χ1n) is 9.48. The van der Waals surface area contributed by atoms with E-state index in [2.05, 4.69) is 20.6 Å². The minimum absolute atomic E-state index is 0.0220. The van der Waals surface area contributed by atoms with Crippen LogP contribution in [0.1, 0.15) is 33.1 Å². The molecule has 0 fully saturated rings. The molecule has 4 rings (SSSR count). The van der Waals surface area contributed by atoms with Gasteiger partial charge >= 0.3 is 5.97 Å². The number of ether oxygens (including phenoxy) is 1. The number of carbonyl (C=O) groups excluding carboxylic acids is 1. The maximum atomic E-state index is 12.6. The minimum atomic E-state index is -0.767. The summed E-state index contributed by atoms with van der Waals surface area (Å²) in [5.41, 5.74) is 13.4. The summed E-state index contributed by atoms with van der Waals surface area (Å²) < 4.78 is 5.49. The number of guanidine groups is 1. The van der Waals surface area contributed by atoms with Crippen molar-refractivity contribution in [1.29, 1.82) is 10.5 Å². The Bertz CT molecular complexity index is 1390. The van der Waals surface area contributed by atoms with Crippen molar-refractivity contribution < 1.29 is 9.53 Å². The van der Waals surface area contributed by atoms with Gasteiger partial charge in [-0.05, 0) is 29.8 Å². The third-order valence-corrected chi connectivity index (χ3v) is 5.17. The molecule has 10 nitrogen and oxygen atoms in total. The second-order valence-corrected chi connectivity index (χ2v) is 7.25. The molecule has 1 atom stereocenters. The first-order chi connectivity index (χ1) is 15.9. The van der Waals surface area contributed by atoms with Gasteiger partial charge in [-0.1, -0.05) is 35.9 Å². The highest BCUT2D eigenvalue weighted by Crippen LogP contribution is 2.41. The number of hydrogen-bond donors (Lipinski definition) is 4. The van der Waals surface area contributed by atoms with Crippen LogP contribution in [0, 0.1) is 22.8 Å². The van der Waals surface area contributed by atoms with E-state index in [9.17, 15) is 10.1 Å². The Hall–Kier alpha value is -4.80. The predicted octanol–water partition coefficient (Wildman–Crippen LogP) is 2.93. The lowest BCUT2D eigenvalue weighted by Gasteiger charge is -2.26. The maximum absolute atomic E-state index is 12.6. The molecule has 0 amide bonds. The SMILES string of the molecule is N#CNC1=NC(c2cccc(OC(=O)c3ccccc3Cl)c2)c2c(nc(N)c(C#N)c2N)N1. The van der Waals surface area contributed by atoms with Crippen molar-refractivity contribution in [3.63, 3.8) is 0 Å². The molecule has 162 valence electrons. The Kier molecular flexibility index (Phi) is 5.68. The van der Waals surface area contributed by atoms with Crippen LogP contribution in [-0.2, 0) is 0 Å². The highest BCUT2D eigenvalue weighted by Gasteiger charge is 2.30. The summed E-state index contributed by atoms with van der Waals surface area (Å²) in [7, 11) is 0. The number of nitriles is 2. The zero-order valence-corrected chi connectivity index (χ0v) is 17.6. The predicted molar refractivity (Wildman–Crippen MR) is 122 cm³/mol. The van der Waals surface area contributed by atoms with Gasteiger partial charge in [0.2, 0.25) is 5.96 Å². The molecule has 6 N–H and O–H groups in total. The number of fused-ring (bicyclic) bond motifs is 1. The Labute approximate surface area is 193 Å². The van der Waals surface area contributed by atoms with Gasteiger partial charge < -0.3 is 21.5 Å². The molecule has 1 unspecified atom stereocenters. The molecule has 0 saturated carbocycles. The van der Waals surface area contributed by atoms with Gasteiger partial charge in [0, 0.05) is 5.56 Å². The number of aromatic nitrogens is 1. The summed E-state index contributed by atoms with van der Waals surface area (Å²) in [6.45, 7) is 0. The van der Waals surface area contributed by atoms with Gasteiger partial charge in [-0.25, -0.2) is 14.8 Å². The van der Waals surface area contributed by atoms with Crippen LogP contribution >= 0.6 is 11.6 Å². The van der Waals surface area contributed by atoms with Crippen molar-refractivity contribution in [3.05, 3.63) is 75.8 Å². The summed E-state index contributed by atoms with van der Waals surface area (Å²) in [6.07, 6.45) is 1.79. The molecule has 0 radical (unpaired) electrons. The van der Waals surface area contributed by atoms with Crippen molar-refractivity contribution in [3.8, 4) is 18.0 Å².